The molecule has 4 heteroatoms. The molecule has 0 saturated heterocycles. The number of hydrogen-bond donors (Lipinski definition) is 0. The fourth-order valence-corrected chi connectivity index (χ4v) is 1.45. The Kier molecular flexibility index (Phi) is 3.14. The number of ketones is 1. The molecule has 1 rings (SSSR count). The van der Waals surface area contributed by atoms with Crippen LogP contribution in [0.1, 0.15) is 29.3 Å². The molecule has 0 bridgehead atoms. The van der Waals surface area contributed by atoms with Gasteiger partial charge >= 0.3 is 0 Å². The van der Waals surface area contributed by atoms with Gasteiger partial charge < -0.3 is 0 Å². The molecule has 0 aromatic heterocycles. The minimum atomic E-state index is -2.55. The molecule has 0 fully saturated rings. The van der Waals surface area contributed by atoms with E-state index in [1.54, 1.807) is 0 Å². The lowest BCUT2D eigenvalue weighted by molar-refractivity contribution is 0.101. The Balaban J connectivity index is 3.19. The summed E-state index contributed by atoms with van der Waals surface area (Å²) in [6, 6.07) is 4.03. The summed E-state index contributed by atoms with van der Waals surface area (Å²) < 4.78 is 25.0. The molecule has 1 aromatic carbocycles. The standard InChI is InChI=1S/C9H7BrF2O/c1-5(13)6-2-7(9(11)12)4-8(10)3-6/h2-4,9H,1H3. The summed E-state index contributed by atoms with van der Waals surface area (Å²) >= 11 is 3.06. The van der Waals surface area contributed by atoms with Crippen molar-refractivity contribution in [3.63, 3.8) is 0 Å². The Morgan fingerprint density at radius 1 is 1.38 bits per heavy atom. The van der Waals surface area contributed by atoms with Crippen LogP contribution < -0.4 is 0 Å². The van der Waals surface area contributed by atoms with Crippen molar-refractivity contribution in [1.82, 2.24) is 0 Å². The zero-order valence-corrected chi connectivity index (χ0v) is 8.44. The van der Waals surface area contributed by atoms with Crippen LogP contribution in [-0.2, 0) is 0 Å². The van der Waals surface area contributed by atoms with E-state index in [4.69, 9.17) is 0 Å². The molecule has 0 spiro atoms. The van der Waals surface area contributed by atoms with Crippen molar-refractivity contribution in [2.24, 2.45) is 0 Å². The van der Waals surface area contributed by atoms with Crippen LogP contribution in [0.25, 0.3) is 0 Å². The summed E-state index contributed by atoms with van der Waals surface area (Å²) in [5.41, 5.74) is 0.157. The van der Waals surface area contributed by atoms with Gasteiger partial charge in [0, 0.05) is 15.6 Å². The summed E-state index contributed by atoms with van der Waals surface area (Å²) in [4.78, 5) is 10.9. The normalized spacial score (nSPS) is 10.5. The topological polar surface area (TPSA) is 17.1 Å². The Hall–Kier alpha value is -0.770. The summed E-state index contributed by atoms with van der Waals surface area (Å²) in [6.45, 7) is 1.34. The number of rotatable bonds is 2. The number of alkyl halides is 2. The van der Waals surface area contributed by atoms with Crippen molar-refractivity contribution in [1.29, 1.82) is 0 Å². The van der Waals surface area contributed by atoms with E-state index in [-0.39, 0.29) is 11.3 Å². The van der Waals surface area contributed by atoms with Gasteiger partial charge in [0.25, 0.3) is 6.43 Å². The van der Waals surface area contributed by atoms with E-state index in [0.717, 1.165) is 0 Å². The third-order valence-electron chi connectivity index (χ3n) is 1.58. The van der Waals surface area contributed by atoms with Crippen LogP contribution in [-0.4, -0.2) is 5.78 Å². The molecule has 0 aliphatic rings. The Labute approximate surface area is 82.9 Å². The molecular weight excluding hydrogens is 242 g/mol. The van der Waals surface area contributed by atoms with Gasteiger partial charge in [0.15, 0.2) is 5.78 Å². The largest absolute Gasteiger partial charge is 0.295 e. The van der Waals surface area contributed by atoms with Crippen LogP contribution >= 0.6 is 15.9 Å². The van der Waals surface area contributed by atoms with Gasteiger partial charge in [-0.3, -0.25) is 4.79 Å². The maximum absolute atomic E-state index is 12.3. The highest BCUT2D eigenvalue weighted by molar-refractivity contribution is 9.10. The average molecular weight is 249 g/mol. The van der Waals surface area contributed by atoms with Gasteiger partial charge in [-0.1, -0.05) is 15.9 Å². The molecule has 0 aliphatic carbocycles. The zero-order chi connectivity index (χ0) is 10.0. The number of carbonyl (C=O) groups is 1. The van der Waals surface area contributed by atoms with Crippen molar-refractivity contribution in [3.8, 4) is 0 Å². The van der Waals surface area contributed by atoms with E-state index in [1.165, 1.54) is 25.1 Å². The molecule has 0 aliphatic heterocycles. The lowest BCUT2D eigenvalue weighted by Crippen LogP contribution is -1.94. The summed E-state index contributed by atoms with van der Waals surface area (Å²) in [5, 5.41) is 0. The fourth-order valence-electron chi connectivity index (χ4n) is 0.942. The molecule has 0 N–H and O–H groups in total. The number of hydrogen-bond acceptors (Lipinski definition) is 1. The van der Waals surface area contributed by atoms with Gasteiger partial charge in [-0.15, -0.1) is 0 Å². The predicted octanol–water partition coefficient (Wildman–Crippen LogP) is 3.59. The highest BCUT2D eigenvalue weighted by Gasteiger charge is 2.10. The van der Waals surface area contributed by atoms with Gasteiger partial charge in [0.2, 0.25) is 0 Å². The maximum Gasteiger partial charge on any atom is 0.263 e. The first-order chi connectivity index (χ1) is 6.00. The number of halogens is 3. The molecule has 70 valence electrons. The average Bonchev–Trinajstić information content (AvgIpc) is 2.03. The minimum absolute atomic E-state index is 0.139. The fraction of sp³-hybridized carbons (Fsp3) is 0.222. The lowest BCUT2D eigenvalue weighted by Gasteiger charge is -2.03. The zero-order valence-electron chi connectivity index (χ0n) is 6.85. The second-order valence-electron chi connectivity index (χ2n) is 2.63. The van der Waals surface area contributed by atoms with E-state index in [1.807, 2.05) is 0 Å². The molecule has 0 amide bonds. The van der Waals surface area contributed by atoms with E-state index < -0.39 is 6.43 Å². The lowest BCUT2D eigenvalue weighted by atomic mass is 10.1. The minimum Gasteiger partial charge on any atom is -0.295 e. The first kappa shape index (κ1) is 10.3. The van der Waals surface area contributed by atoms with E-state index >= 15 is 0 Å². The second kappa shape index (κ2) is 3.96. The van der Waals surface area contributed by atoms with E-state index in [9.17, 15) is 13.6 Å². The third kappa shape index (κ3) is 2.59. The van der Waals surface area contributed by atoms with Crippen LogP contribution in [0.2, 0.25) is 0 Å². The van der Waals surface area contributed by atoms with E-state index in [0.29, 0.717) is 10.0 Å². The van der Waals surface area contributed by atoms with Gasteiger partial charge in [-0.2, -0.15) is 0 Å². The van der Waals surface area contributed by atoms with Crippen molar-refractivity contribution >= 4 is 21.7 Å². The summed E-state index contributed by atoms with van der Waals surface area (Å²) in [5.74, 6) is -0.219. The van der Waals surface area contributed by atoms with Crippen LogP contribution in [0.4, 0.5) is 8.78 Å². The van der Waals surface area contributed by atoms with Gasteiger partial charge in [-0.25, -0.2) is 8.78 Å². The molecule has 0 heterocycles. The van der Waals surface area contributed by atoms with Crippen molar-refractivity contribution < 1.29 is 13.6 Å². The molecule has 0 atom stereocenters. The van der Waals surface area contributed by atoms with Crippen LogP contribution in [0.15, 0.2) is 22.7 Å². The molecule has 1 aromatic rings. The van der Waals surface area contributed by atoms with Crippen LogP contribution in [0.5, 0.6) is 0 Å². The summed E-state index contributed by atoms with van der Waals surface area (Å²) in [6.07, 6.45) is -2.55. The van der Waals surface area contributed by atoms with Crippen molar-refractivity contribution in [2.75, 3.05) is 0 Å². The highest BCUT2D eigenvalue weighted by atomic mass is 79.9. The van der Waals surface area contributed by atoms with Crippen LogP contribution in [0.3, 0.4) is 0 Å². The predicted molar refractivity (Wildman–Crippen MR) is 49.1 cm³/mol. The highest BCUT2D eigenvalue weighted by Crippen LogP contribution is 2.24. The SMILES string of the molecule is CC(=O)c1cc(Br)cc(C(F)F)c1. The Morgan fingerprint density at radius 2 is 2.00 bits per heavy atom. The number of benzene rings is 1. The van der Waals surface area contributed by atoms with Gasteiger partial charge in [-0.05, 0) is 25.1 Å². The van der Waals surface area contributed by atoms with Crippen molar-refractivity contribution in [3.05, 3.63) is 33.8 Å². The third-order valence-corrected chi connectivity index (χ3v) is 2.04. The Bertz CT molecular complexity index is 336. The van der Waals surface area contributed by atoms with Crippen LogP contribution in [0, 0.1) is 0 Å². The smallest absolute Gasteiger partial charge is 0.263 e. The number of carbonyl (C=O) groups excluding carboxylic acids is 1. The molecular formula is C9H7BrF2O. The number of Topliss-reactive ketones (excluding diaryl/α,β-unsaturated/α-hetero) is 1. The first-order valence-electron chi connectivity index (χ1n) is 3.60. The van der Waals surface area contributed by atoms with Gasteiger partial charge in [0.05, 0.1) is 0 Å². The molecule has 0 radical (unpaired) electrons. The maximum atomic E-state index is 12.3. The quantitative estimate of drug-likeness (QED) is 0.732. The monoisotopic (exact) mass is 248 g/mol. The molecule has 13 heavy (non-hydrogen) atoms. The van der Waals surface area contributed by atoms with Gasteiger partial charge in [0.1, 0.15) is 0 Å². The second-order valence-corrected chi connectivity index (χ2v) is 3.55. The molecule has 0 unspecified atom stereocenters. The van der Waals surface area contributed by atoms with Crippen molar-refractivity contribution in [2.45, 2.75) is 13.3 Å². The Morgan fingerprint density at radius 3 is 2.46 bits per heavy atom. The molecule has 1 nitrogen and oxygen atoms in total. The first-order valence-corrected chi connectivity index (χ1v) is 4.39. The van der Waals surface area contributed by atoms with E-state index in [2.05, 4.69) is 15.9 Å². The molecule has 0 saturated carbocycles. The summed E-state index contributed by atoms with van der Waals surface area (Å²) in [7, 11) is 0.